The van der Waals surface area contributed by atoms with Crippen LogP contribution in [0.2, 0.25) is 0 Å². The third-order valence-electron chi connectivity index (χ3n) is 5.91. The average molecular weight is 396 g/mol. The predicted octanol–water partition coefficient (Wildman–Crippen LogP) is 3.73. The van der Waals surface area contributed by atoms with Gasteiger partial charge in [-0.3, -0.25) is 4.99 Å². The molecule has 0 radical (unpaired) electrons. The van der Waals surface area contributed by atoms with E-state index in [1.54, 1.807) is 7.11 Å². The van der Waals surface area contributed by atoms with Gasteiger partial charge in [0.15, 0.2) is 5.96 Å². The molecule has 2 aromatic rings. The minimum atomic E-state index is 0.0297. The highest BCUT2D eigenvalue weighted by atomic mass is 16.5. The molecule has 156 valence electrons. The average Bonchev–Trinajstić information content (AvgIpc) is 2.75. The first-order valence-electron chi connectivity index (χ1n) is 10.3. The Balaban J connectivity index is 1.67. The largest absolute Gasteiger partial charge is 0.497 e. The topological polar surface area (TPSA) is 54.9 Å². The molecule has 0 aliphatic carbocycles. The quantitative estimate of drug-likeness (QED) is 0.578. The van der Waals surface area contributed by atoms with Crippen LogP contribution >= 0.6 is 0 Å². The maximum absolute atomic E-state index is 5.65. The lowest BCUT2D eigenvalue weighted by Crippen LogP contribution is -2.47. The second-order valence-corrected chi connectivity index (χ2v) is 7.83. The van der Waals surface area contributed by atoms with E-state index in [2.05, 4.69) is 59.8 Å². The predicted molar refractivity (Wildman–Crippen MR) is 119 cm³/mol. The Morgan fingerprint density at radius 2 is 1.79 bits per heavy atom. The number of methoxy groups -OCH3 is 1. The Hall–Kier alpha value is -2.53. The summed E-state index contributed by atoms with van der Waals surface area (Å²) in [5.41, 5.74) is 5.22. The van der Waals surface area contributed by atoms with Crippen molar-refractivity contribution in [3.8, 4) is 5.75 Å². The van der Waals surface area contributed by atoms with Crippen molar-refractivity contribution in [2.45, 2.75) is 38.6 Å². The number of benzene rings is 2. The normalized spacial score (nSPS) is 16.3. The number of aliphatic imine (C=N–C) groups is 1. The lowest BCUT2D eigenvalue weighted by molar-refractivity contribution is 0.0513. The third-order valence-corrected chi connectivity index (χ3v) is 5.91. The first-order valence-corrected chi connectivity index (χ1v) is 10.3. The molecule has 0 spiro atoms. The standard InChI is InChI=1S/C24H33N3O2/c1-18-5-6-20(19(2)15-18)16-26-23(25-3)27-17-24(11-13-29-14-12-24)21-7-9-22(28-4)10-8-21/h5-10,15H,11-14,16-17H2,1-4H3,(H2,25,26,27). The van der Waals surface area contributed by atoms with Gasteiger partial charge in [-0.15, -0.1) is 0 Å². The molecule has 0 aromatic heterocycles. The summed E-state index contributed by atoms with van der Waals surface area (Å²) >= 11 is 0. The van der Waals surface area contributed by atoms with Gasteiger partial charge in [0.05, 0.1) is 7.11 Å². The minimum Gasteiger partial charge on any atom is -0.497 e. The fourth-order valence-electron chi connectivity index (χ4n) is 3.97. The number of rotatable bonds is 6. The number of ether oxygens (including phenoxy) is 2. The van der Waals surface area contributed by atoms with Gasteiger partial charge in [0.2, 0.25) is 0 Å². The molecule has 29 heavy (non-hydrogen) atoms. The van der Waals surface area contributed by atoms with Gasteiger partial charge in [0, 0.05) is 38.8 Å². The van der Waals surface area contributed by atoms with Gasteiger partial charge in [-0.05, 0) is 55.5 Å². The van der Waals surface area contributed by atoms with Gasteiger partial charge in [-0.2, -0.15) is 0 Å². The van der Waals surface area contributed by atoms with Gasteiger partial charge in [-0.25, -0.2) is 0 Å². The summed E-state index contributed by atoms with van der Waals surface area (Å²) in [6, 6.07) is 15.0. The summed E-state index contributed by atoms with van der Waals surface area (Å²) < 4.78 is 11.0. The number of nitrogens with zero attached hydrogens (tertiary/aromatic N) is 1. The fraction of sp³-hybridized carbons (Fsp3) is 0.458. The number of aryl methyl sites for hydroxylation is 2. The van der Waals surface area contributed by atoms with Crippen molar-refractivity contribution in [3.63, 3.8) is 0 Å². The van der Waals surface area contributed by atoms with Crippen LogP contribution in [0.1, 0.15) is 35.1 Å². The van der Waals surface area contributed by atoms with Crippen molar-refractivity contribution in [3.05, 3.63) is 64.7 Å². The van der Waals surface area contributed by atoms with E-state index in [1.165, 1.54) is 22.3 Å². The molecule has 0 amide bonds. The molecule has 0 saturated carbocycles. The van der Waals surface area contributed by atoms with Crippen LogP contribution in [0.15, 0.2) is 47.5 Å². The molecule has 5 heteroatoms. The van der Waals surface area contributed by atoms with E-state index in [0.29, 0.717) is 0 Å². The number of nitrogens with one attached hydrogen (secondary N) is 2. The zero-order valence-electron chi connectivity index (χ0n) is 18.0. The third kappa shape index (κ3) is 5.30. The summed E-state index contributed by atoms with van der Waals surface area (Å²) in [6.45, 7) is 7.41. The van der Waals surface area contributed by atoms with E-state index < -0.39 is 0 Å². The van der Waals surface area contributed by atoms with Gasteiger partial charge < -0.3 is 20.1 Å². The fourth-order valence-corrected chi connectivity index (χ4v) is 3.97. The minimum absolute atomic E-state index is 0.0297. The molecule has 0 unspecified atom stereocenters. The molecule has 0 atom stereocenters. The van der Waals surface area contributed by atoms with Crippen LogP contribution in [0.4, 0.5) is 0 Å². The number of hydrogen-bond acceptors (Lipinski definition) is 3. The molecule has 5 nitrogen and oxygen atoms in total. The SMILES string of the molecule is CN=C(NCc1ccc(C)cc1C)NCC1(c2ccc(OC)cc2)CCOCC1. The van der Waals surface area contributed by atoms with Gasteiger partial charge in [0.1, 0.15) is 5.75 Å². The van der Waals surface area contributed by atoms with Crippen LogP contribution in [0.25, 0.3) is 0 Å². The first-order chi connectivity index (χ1) is 14.1. The Morgan fingerprint density at radius 3 is 2.41 bits per heavy atom. The maximum atomic E-state index is 5.65. The van der Waals surface area contributed by atoms with Crippen molar-refractivity contribution in [1.29, 1.82) is 0 Å². The first kappa shape index (κ1) is 21.2. The second-order valence-electron chi connectivity index (χ2n) is 7.83. The molecule has 1 aliphatic rings. The van der Waals surface area contributed by atoms with E-state index in [0.717, 1.165) is 50.9 Å². The lowest BCUT2D eigenvalue weighted by Gasteiger charge is -2.38. The van der Waals surface area contributed by atoms with Crippen LogP contribution < -0.4 is 15.4 Å². The highest BCUT2D eigenvalue weighted by Gasteiger charge is 2.34. The Morgan fingerprint density at radius 1 is 1.07 bits per heavy atom. The van der Waals surface area contributed by atoms with Gasteiger partial charge >= 0.3 is 0 Å². The summed E-state index contributed by atoms with van der Waals surface area (Å²) in [5, 5.41) is 7.02. The van der Waals surface area contributed by atoms with E-state index in [4.69, 9.17) is 9.47 Å². The molecule has 1 fully saturated rings. The van der Waals surface area contributed by atoms with Crippen LogP contribution in [-0.2, 0) is 16.7 Å². The molecule has 1 heterocycles. The van der Waals surface area contributed by atoms with E-state index in [1.807, 2.05) is 19.2 Å². The van der Waals surface area contributed by atoms with Gasteiger partial charge in [-0.1, -0.05) is 35.9 Å². The Kier molecular flexibility index (Phi) is 7.15. The van der Waals surface area contributed by atoms with E-state index in [9.17, 15) is 0 Å². The molecule has 0 bridgehead atoms. The molecule has 3 rings (SSSR count). The van der Waals surface area contributed by atoms with Crippen molar-refractivity contribution in [2.24, 2.45) is 4.99 Å². The summed E-state index contributed by atoms with van der Waals surface area (Å²) in [7, 11) is 3.52. The van der Waals surface area contributed by atoms with Crippen molar-refractivity contribution in [1.82, 2.24) is 10.6 Å². The highest BCUT2D eigenvalue weighted by molar-refractivity contribution is 5.79. The summed E-state index contributed by atoms with van der Waals surface area (Å²) in [6.07, 6.45) is 1.97. The number of guanidine groups is 1. The zero-order valence-corrected chi connectivity index (χ0v) is 18.0. The highest BCUT2D eigenvalue weighted by Crippen LogP contribution is 2.35. The molecule has 1 aliphatic heterocycles. The summed E-state index contributed by atoms with van der Waals surface area (Å²) in [5.74, 6) is 1.71. The number of hydrogen-bond donors (Lipinski definition) is 2. The van der Waals surface area contributed by atoms with Crippen LogP contribution in [-0.4, -0.2) is 39.9 Å². The van der Waals surface area contributed by atoms with E-state index >= 15 is 0 Å². The Labute approximate surface area is 174 Å². The molecular weight excluding hydrogens is 362 g/mol. The lowest BCUT2D eigenvalue weighted by atomic mass is 9.74. The molecule has 2 N–H and O–H groups in total. The van der Waals surface area contributed by atoms with Crippen molar-refractivity contribution in [2.75, 3.05) is 33.9 Å². The van der Waals surface area contributed by atoms with E-state index in [-0.39, 0.29) is 5.41 Å². The monoisotopic (exact) mass is 395 g/mol. The van der Waals surface area contributed by atoms with Crippen molar-refractivity contribution < 1.29 is 9.47 Å². The second kappa shape index (κ2) is 9.79. The van der Waals surface area contributed by atoms with Crippen LogP contribution in [0, 0.1) is 13.8 Å². The smallest absolute Gasteiger partial charge is 0.191 e. The zero-order chi connectivity index (χ0) is 20.7. The van der Waals surface area contributed by atoms with Gasteiger partial charge in [0.25, 0.3) is 0 Å². The molecule has 2 aromatic carbocycles. The van der Waals surface area contributed by atoms with Crippen LogP contribution in [0.3, 0.4) is 0 Å². The van der Waals surface area contributed by atoms with Crippen molar-refractivity contribution >= 4 is 5.96 Å². The molecule has 1 saturated heterocycles. The van der Waals surface area contributed by atoms with Crippen LogP contribution in [0.5, 0.6) is 5.75 Å². The maximum Gasteiger partial charge on any atom is 0.191 e. The Bertz CT molecular complexity index is 825. The molecular formula is C24H33N3O2. The summed E-state index contributed by atoms with van der Waals surface area (Å²) in [4.78, 5) is 4.43.